The van der Waals surface area contributed by atoms with Crippen LogP contribution in [0.1, 0.15) is 33.1 Å². The standard InChI is InChI=1S/C11H24N2S/c1-3-5-11(2,10-12)13-6-4-8-14-9-7-13/h3-10,12H2,1-2H3. The highest BCUT2D eigenvalue weighted by Gasteiger charge is 2.29. The smallest absolute Gasteiger partial charge is 0.0303 e. The number of rotatable bonds is 4. The molecule has 0 aromatic rings. The highest BCUT2D eigenvalue weighted by molar-refractivity contribution is 7.99. The van der Waals surface area contributed by atoms with E-state index in [1.165, 1.54) is 43.9 Å². The topological polar surface area (TPSA) is 29.3 Å². The van der Waals surface area contributed by atoms with Crippen LogP contribution < -0.4 is 5.73 Å². The predicted molar refractivity (Wildman–Crippen MR) is 65.9 cm³/mol. The summed E-state index contributed by atoms with van der Waals surface area (Å²) >= 11 is 2.08. The molecule has 3 heteroatoms. The van der Waals surface area contributed by atoms with Crippen LogP contribution in [-0.4, -0.2) is 41.6 Å². The monoisotopic (exact) mass is 216 g/mol. The molecule has 0 amide bonds. The maximum absolute atomic E-state index is 5.93. The molecule has 14 heavy (non-hydrogen) atoms. The summed E-state index contributed by atoms with van der Waals surface area (Å²) in [5, 5.41) is 0. The Morgan fingerprint density at radius 3 is 2.79 bits per heavy atom. The first-order valence-electron chi connectivity index (χ1n) is 5.76. The Labute approximate surface area is 92.6 Å². The molecular weight excluding hydrogens is 192 g/mol. The van der Waals surface area contributed by atoms with Crippen LogP contribution in [0.4, 0.5) is 0 Å². The molecule has 2 nitrogen and oxygen atoms in total. The Morgan fingerprint density at radius 1 is 1.36 bits per heavy atom. The van der Waals surface area contributed by atoms with Crippen molar-refractivity contribution in [2.24, 2.45) is 5.73 Å². The number of nitrogens with zero attached hydrogens (tertiary/aromatic N) is 1. The van der Waals surface area contributed by atoms with Gasteiger partial charge in [-0.05, 0) is 32.1 Å². The van der Waals surface area contributed by atoms with Gasteiger partial charge < -0.3 is 5.73 Å². The van der Waals surface area contributed by atoms with Crippen LogP contribution >= 0.6 is 11.8 Å². The Bertz CT molecular complexity index is 155. The molecule has 1 aliphatic heterocycles. The second kappa shape index (κ2) is 5.99. The van der Waals surface area contributed by atoms with Gasteiger partial charge in [-0.3, -0.25) is 4.90 Å². The SMILES string of the molecule is CCCC(C)(CN)N1CCCSCC1. The van der Waals surface area contributed by atoms with Gasteiger partial charge >= 0.3 is 0 Å². The number of hydrogen-bond acceptors (Lipinski definition) is 3. The average Bonchev–Trinajstić information content (AvgIpc) is 2.46. The summed E-state index contributed by atoms with van der Waals surface area (Å²) in [4.78, 5) is 2.61. The van der Waals surface area contributed by atoms with E-state index < -0.39 is 0 Å². The maximum Gasteiger partial charge on any atom is 0.0303 e. The molecule has 1 unspecified atom stereocenters. The summed E-state index contributed by atoms with van der Waals surface area (Å²) in [6.45, 7) is 7.83. The molecule has 0 aliphatic carbocycles. The van der Waals surface area contributed by atoms with E-state index in [-0.39, 0.29) is 5.54 Å². The van der Waals surface area contributed by atoms with Crippen molar-refractivity contribution in [3.8, 4) is 0 Å². The summed E-state index contributed by atoms with van der Waals surface area (Å²) in [6.07, 6.45) is 3.79. The molecule has 1 aliphatic rings. The van der Waals surface area contributed by atoms with Gasteiger partial charge in [0, 0.05) is 24.4 Å². The third-order valence-electron chi connectivity index (χ3n) is 3.21. The summed E-state index contributed by atoms with van der Waals surface area (Å²) in [5.41, 5.74) is 6.18. The van der Waals surface area contributed by atoms with Gasteiger partial charge in [0.05, 0.1) is 0 Å². The third-order valence-corrected chi connectivity index (χ3v) is 4.26. The van der Waals surface area contributed by atoms with Crippen molar-refractivity contribution >= 4 is 11.8 Å². The molecule has 0 bridgehead atoms. The van der Waals surface area contributed by atoms with Crippen LogP contribution in [-0.2, 0) is 0 Å². The minimum atomic E-state index is 0.250. The van der Waals surface area contributed by atoms with Crippen LogP contribution in [0.5, 0.6) is 0 Å². The van der Waals surface area contributed by atoms with Gasteiger partial charge in [-0.25, -0.2) is 0 Å². The fraction of sp³-hybridized carbons (Fsp3) is 1.00. The lowest BCUT2D eigenvalue weighted by Crippen LogP contribution is -2.52. The largest absolute Gasteiger partial charge is 0.329 e. The molecule has 1 fully saturated rings. The normalized spacial score (nSPS) is 24.2. The molecule has 1 atom stereocenters. The van der Waals surface area contributed by atoms with Gasteiger partial charge in [0.15, 0.2) is 0 Å². The number of nitrogens with two attached hydrogens (primary N) is 1. The second-order valence-electron chi connectivity index (χ2n) is 4.40. The summed E-state index contributed by atoms with van der Waals surface area (Å²) in [6, 6.07) is 0. The van der Waals surface area contributed by atoms with Gasteiger partial charge in [0.1, 0.15) is 0 Å². The molecular formula is C11H24N2S. The number of hydrogen-bond donors (Lipinski definition) is 1. The van der Waals surface area contributed by atoms with Crippen molar-refractivity contribution in [2.45, 2.75) is 38.6 Å². The first kappa shape index (κ1) is 12.3. The molecule has 1 heterocycles. The van der Waals surface area contributed by atoms with Crippen LogP contribution in [0, 0.1) is 0 Å². The zero-order chi connectivity index (χ0) is 10.4. The quantitative estimate of drug-likeness (QED) is 0.779. The molecule has 0 spiro atoms. The second-order valence-corrected chi connectivity index (χ2v) is 5.63. The molecule has 84 valence electrons. The lowest BCUT2D eigenvalue weighted by atomic mass is 9.93. The summed E-state index contributed by atoms with van der Waals surface area (Å²) in [5.74, 6) is 2.60. The van der Waals surface area contributed by atoms with Gasteiger partial charge in [-0.2, -0.15) is 11.8 Å². The molecule has 2 N–H and O–H groups in total. The fourth-order valence-corrected chi connectivity index (χ4v) is 3.10. The van der Waals surface area contributed by atoms with E-state index in [4.69, 9.17) is 5.73 Å². The van der Waals surface area contributed by atoms with E-state index in [1.807, 2.05) is 0 Å². The van der Waals surface area contributed by atoms with Crippen LogP contribution in [0.15, 0.2) is 0 Å². The maximum atomic E-state index is 5.93. The molecule has 1 rings (SSSR count). The Kier molecular flexibility index (Phi) is 5.28. The van der Waals surface area contributed by atoms with E-state index >= 15 is 0 Å². The Morgan fingerprint density at radius 2 is 2.14 bits per heavy atom. The Hall–Kier alpha value is 0.270. The van der Waals surface area contributed by atoms with E-state index in [0.717, 1.165) is 6.54 Å². The van der Waals surface area contributed by atoms with Gasteiger partial charge in [0.25, 0.3) is 0 Å². The van der Waals surface area contributed by atoms with Gasteiger partial charge in [-0.15, -0.1) is 0 Å². The third kappa shape index (κ3) is 3.14. The molecule has 0 saturated carbocycles. The fourth-order valence-electron chi connectivity index (χ4n) is 2.21. The van der Waals surface area contributed by atoms with Crippen molar-refractivity contribution < 1.29 is 0 Å². The number of thioether (sulfide) groups is 1. The molecule has 0 radical (unpaired) electrons. The first-order valence-corrected chi connectivity index (χ1v) is 6.91. The molecule has 1 saturated heterocycles. The average molecular weight is 216 g/mol. The van der Waals surface area contributed by atoms with E-state index in [2.05, 4.69) is 30.5 Å². The van der Waals surface area contributed by atoms with Crippen LogP contribution in [0.3, 0.4) is 0 Å². The van der Waals surface area contributed by atoms with Crippen LogP contribution in [0.2, 0.25) is 0 Å². The first-order chi connectivity index (χ1) is 6.73. The lowest BCUT2D eigenvalue weighted by molar-refractivity contribution is 0.110. The lowest BCUT2D eigenvalue weighted by Gasteiger charge is -2.40. The van der Waals surface area contributed by atoms with E-state index in [1.54, 1.807) is 0 Å². The van der Waals surface area contributed by atoms with E-state index in [9.17, 15) is 0 Å². The van der Waals surface area contributed by atoms with Crippen molar-refractivity contribution in [3.05, 3.63) is 0 Å². The zero-order valence-electron chi connectivity index (χ0n) is 9.59. The van der Waals surface area contributed by atoms with Crippen molar-refractivity contribution in [1.29, 1.82) is 0 Å². The Balaban J connectivity index is 2.56. The predicted octanol–water partition coefficient (Wildman–Crippen LogP) is 1.94. The van der Waals surface area contributed by atoms with Gasteiger partial charge in [0.2, 0.25) is 0 Å². The van der Waals surface area contributed by atoms with E-state index in [0.29, 0.717) is 0 Å². The molecule has 0 aromatic heterocycles. The van der Waals surface area contributed by atoms with Gasteiger partial charge in [-0.1, -0.05) is 13.3 Å². The summed E-state index contributed by atoms with van der Waals surface area (Å²) in [7, 11) is 0. The highest BCUT2D eigenvalue weighted by Crippen LogP contribution is 2.23. The minimum absolute atomic E-state index is 0.250. The highest BCUT2D eigenvalue weighted by atomic mass is 32.2. The van der Waals surface area contributed by atoms with Crippen molar-refractivity contribution in [2.75, 3.05) is 31.1 Å². The van der Waals surface area contributed by atoms with Crippen LogP contribution in [0.25, 0.3) is 0 Å². The van der Waals surface area contributed by atoms with Crippen molar-refractivity contribution in [3.63, 3.8) is 0 Å². The minimum Gasteiger partial charge on any atom is -0.329 e. The zero-order valence-corrected chi connectivity index (χ0v) is 10.4. The van der Waals surface area contributed by atoms with Crippen molar-refractivity contribution in [1.82, 2.24) is 4.90 Å². The summed E-state index contributed by atoms with van der Waals surface area (Å²) < 4.78 is 0. The molecule has 0 aromatic carbocycles.